The molecule has 2 aromatic heterocycles. The van der Waals surface area contributed by atoms with Crippen LogP contribution >= 0.6 is 0 Å². The Bertz CT molecular complexity index is 2320. The number of allylic oxidation sites excluding steroid dienone is 8. The minimum absolute atomic E-state index is 0.575. The molecule has 0 atom stereocenters. The summed E-state index contributed by atoms with van der Waals surface area (Å²) < 4.78 is 8.81. The Morgan fingerprint density at radius 2 is 1.50 bits per heavy atom. The van der Waals surface area contributed by atoms with E-state index in [-0.39, 0.29) is 0 Å². The van der Waals surface area contributed by atoms with Crippen molar-refractivity contribution >= 4 is 49.9 Å². The number of oxazole rings is 1. The van der Waals surface area contributed by atoms with E-state index in [9.17, 15) is 0 Å². The van der Waals surface area contributed by atoms with Crippen molar-refractivity contribution in [1.29, 1.82) is 0 Å². The molecule has 4 nitrogen and oxygen atoms in total. The normalized spacial score (nSPS) is 11.8. The molecule has 0 bridgehead atoms. The van der Waals surface area contributed by atoms with Gasteiger partial charge in [-0.25, -0.2) is 4.98 Å². The number of benzene rings is 5. The van der Waals surface area contributed by atoms with Crippen LogP contribution < -0.4 is 5.32 Å². The lowest BCUT2D eigenvalue weighted by Crippen LogP contribution is -1.94. The van der Waals surface area contributed by atoms with Gasteiger partial charge >= 0.3 is 0 Å². The summed E-state index contributed by atoms with van der Waals surface area (Å²) in [5.41, 5.74) is 11.4. The van der Waals surface area contributed by atoms with Gasteiger partial charge in [-0.15, -0.1) is 0 Å². The number of hydrogen-bond donors (Lipinski definition) is 1. The van der Waals surface area contributed by atoms with E-state index in [1.165, 1.54) is 11.1 Å². The highest BCUT2D eigenvalue weighted by molar-refractivity contribution is 6.17. The van der Waals surface area contributed by atoms with Crippen LogP contribution in [0.5, 0.6) is 0 Å². The third-order valence-electron chi connectivity index (χ3n) is 8.13. The molecular formula is C44H39N3O. The first kappa shape index (κ1) is 31.8. The maximum absolute atomic E-state index is 6.53. The molecule has 0 saturated carbocycles. The molecule has 236 valence electrons. The molecule has 7 rings (SSSR count). The molecule has 0 saturated heterocycles. The predicted octanol–water partition coefficient (Wildman–Crippen LogP) is 12.5. The fourth-order valence-corrected chi connectivity index (χ4v) is 5.93. The first-order valence-corrected chi connectivity index (χ1v) is 16.1. The summed E-state index contributed by atoms with van der Waals surface area (Å²) in [5, 5.41) is 5.82. The molecule has 0 fully saturated rings. The maximum atomic E-state index is 6.53. The maximum Gasteiger partial charge on any atom is 0.227 e. The van der Waals surface area contributed by atoms with Crippen LogP contribution in [-0.2, 0) is 0 Å². The van der Waals surface area contributed by atoms with E-state index in [4.69, 9.17) is 9.40 Å². The van der Waals surface area contributed by atoms with Crippen molar-refractivity contribution in [3.8, 4) is 16.8 Å². The number of nitrogens with zero attached hydrogens (tertiary/aromatic N) is 2. The lowest BCUT2D eigenvalue weighted by Gasteiger charge is -2.12. The highest BCUT2D eigenvalue weighted by atomic mass is 16.3. The van der Waals surface area contributed by atoms with Gasteiger partial charge in [-0.2, -0.15) is 0 Å². The quantitative estimate of drug-likeness (QED) is 0.171. The lowest BCUT2D eigenvalue weighted by molar-refractivity contribution is 0.587. The zero-order valence-corrected chi connectivity index (χ0v) is 27.7. The van der Waals surface area contributed by atoms with E-state index in [0.29, 0.717) is 5.89 Å². The topological polar surface area (TPSA) is 43.0 Å². The predicted molar refractivity (Wildman–Crippen MR) is 206 cm³/mol. The average Bonchev–Trinajstić information content (AvgIpc) is 3.70. The molecule has 0 spiro atoms. The Hall–Kier alpha value is -6.13. The van der Waals surface area contributed by atoms with Gasteiger partial charge in [0.2, 0.25) is 5.89 Å². The van der Waals surface area contributed by atoms with Gasteiger partial charge in [-0.3, -0.25) is 0 Å². The van der Waals surface area contributed by atoms with Crippen molar-refractivity contribution in [2.45, 2.75) is 20.8 Å². The number of nitrogens with one attached hydrogen (secondary N) is 1. The number of anilines is 2. The second-order valence-corrected chi connectivity index (χ2v) is 11.4. The summed E-state index contributed by atoms with van der Waals surface area (Å²) in [5.74, 6) is 0.575. The largest absolute Gasteiger partial charge is 0.434 e. The lowest BCUT2D eigenvalue weighted by atomic mass is 10.00. The van der Waals surface area contributed by atoms with Crippen molar-refractivity contribution in [2.24, 2.45) is 0 Å². The van der Waals surface area contributed by atoms with Crippen LogP contribution in [-0.4, -0.2) is 9.55 Å². The first-order valence-electron chi connectivity index (χ1n) is 16.1. The highest BCUT2D eigenvalue weighted by Crippen LogP contribution is 2.39. The van der Waals surface area contributed by atoms with Crippen LogP contribution in [0.1, 0.15) is 25.3 Å². The van der Waals surface area contributed by atoms with E-state index in [1.807, 2.05) is 68.5 Å². The van der Waals surface area contributed by atoms with E-state index >= 15 is 0 Å². The first-order chi connectivity index (χ1) is 23.6. The van der Waals surface area contributed by atoms with Crippen molar-refractivity contribution in [2.75, 3.05) is 5.32 Å². The summed E-state index contributed by atoms with van der Waals surface area (Å²) in [4.78, 5) is 4.87. The molecular weight excluding hydrogens is 587 g/mol. The molecule has 0 radical (unpaired) electrons. The molecule has 48 heavy (non-hydrogen) atoms. The van der Waals surface area contributed by atoms with Gasteiger partial charge in [0.15, 0.2) is 5.58 Å². The molecule has 0 aliphatic rings. The minimum atomic E-state index is 0.575. The van der Waals surface area contributed by atoms with Gasteiger partial charge < -0.3 is 14.3 Å². The summed E-state index contributed by atoms with van der Waals surface area (Å²) in [6.07, 6.45) is 13.2. The zero-order chi connectivity index (χ0) is 33.5. The SMILES string of the molecule is C=C/C=C(\C=C/C)c1nc2ccc3c4cc(-c5ccc(Nc6ccccc6)c(C)c5)ccc4n(-c4ccccc4)c3c2o1.C=C/C=C\C. The molecule has 0 unspecified atom stereocenters. The summed E-state index contributed by atoms with van der Waals surface area (Å²) >= 11 is 0. The van der Waals surface area contributed by atoms with E-state index in [0.717, 1.165) is 61.1 Å². The molecule has 0 amide bonds. The second-order valence-electron chi connectivity index (χ2n) is 11.4. The van der Waals surface area contributed by atoms with Gasteiger partial charge in [0.25, 0.3) is 0 Å². The zero-order valence-electron chi connectivity index (χ0n) is 27.7. The van der Waals surface area contributed by atoms with E-state index in [1.54, 1.807) is 12.2 Å². The van der Waals surface area contributed by atoms with Gasteiger partial charge in [0.05, 0.1) is 11.0 Å². The van der Waals surface area contributed by atoms with Gasteiger partial charge in [0, 0.05) is 33.4 Å². The van der Waals surface area contributed by atoms with Crippen molar-refractivity contribution in [1.82, 2.24) is 9.55 Å². The fourth-order valence-electron chi connectivity index (χ4n) is 5.93. The van der Waals surface area contributed by atoms with E-state index < -0.39 is 0 Å². The molecule has 4 heteroatoms. The standard InChI is InChI=1S/C39H31N3O.C5H8/c1-4-12-27(13-5-2)39-41-35-22-20-32-33-25-29(28-18-21-34(26(3)24-28)40-30-14-8-6-9-15-30)19-23-36(33)42(37(32)38(35)43-39)31-16-10-7-11-17-31;1-3-5-4-2/h4-25,40H,1H2,2-3H3;3-5H,1H2,2H3/b13-5-,27-12+;5-4-. The van der Waals surface area contributed by atoms with Crippen LogP contribution in [0.4, 0.5) is 11.4 Å². The number of para-hydroxylation sites is 2. The van der Waals surface area contributed by atoms with E-state index in [2.05, 4.69) is 115 Å². The van der Waals surface area contributed by atoms with Gasteiger partial charge in [0.1, 0.15) is 5.52 Å². The Morgan fingerprint density at radius 1 is 0.771 bits per heavy atom. The molecule has 5 aromatic carbocycles. The van der Waals surface area contributed by atoms with Crippen LogP contribution in [0.2, 0.25) is 0 Å². The van der Waals surface area contributed by atoms with Gasteiger partial charge in [-0.1, -0.05) is 104 Å². The number of aryl methyl sites for hydroxylation is 1. The van der Waals surface area contributed by atoms with Crippen molar-refractivity contribution in [3.05, 3.63) is 176 Å². The van der Waals surface area contributed by atoms with Crippen LogP contribution in [0.3, 0.4) is 0 Å². The number of rotatable bonds is 8. The molecule has 1 N–H and O–H groups in total. The summed E-state index contributed by atoms with van der Waals surface area (Å²) in [6.45, 7) is 13.4. The van der Waals surface area contributed by atoms with Crippen LogP contribution in [0.15, 0.2) is 169 Å². The molecule has 7 aromatic rings. The van der Waals surface area contributed by atoms with Crippen molar-refractivity contribution in [3.63, 3.8) is 0 Å². The smallest absolute Gasteiger partial charge is 0.227 e. The number of hydrogen-bond acceptors (Lipinski definition) is 3. The van der Waals surface area contributed by atoms with Gasteiger partial charge in [-0.05, 0) is 98.1 Å². The Morgan fingerprint density at radius 3 is 2.17 bits per heavy atom. The third kappa shape index (κ3) is 6.42. The monoisotopic (exact) mass is 625 g/mol. The number of fused-ring (bicyclic) bond motifs is 5. The highest BCUT2D eigenvalue weighted by Gasteiger charge is 2.20. The minimum Gasteiger partial charge on any atom is -0.434 e. The Kier molecular flexibility index (Phi) is 9.64. The third-order valence-corrected chi connectivity index (χ3v) is 8.13. The number of aromatic nitrogens is 2. The Labute approximate surface area is 282 Å². The van der Waals surface area contributed by atoms with Crippen LogP contribution in [0, 0.1) is 6.92 Å². The summed E-state index contributed by atoms with van der Waals surface area (Å²) in [7, 11) is 0. The van der Waals surface area contributed by atoms with Crippen molar-refractivity contribution < 1.29 is 4.42 Å². The molecule has 2 heterocycles. The summed E-state index contributed by atoms with van der Waals surface area (Å²) in [6, 6.07) is 38.2. The molecule has 0 aliphatic heterocycles. The van der Waals surface area contributed by atoms with Crippen LogP contribution in [0.25, 0.3) is 55.3 Å². The Balaban J connectivity index is 0.000000749. The average molecular weight is 626 g/mol. The fraction of sp³-hybridized carbons (Fsp3) is 0.0682. The molecule has 0 aliphatic carbocycles. The second kappa shape index (κ2) is 14.5.